The highest BCUT2D eigenvalue weighted by molar-refractivity contribution is 5.66. The lowest BCUT2D eigenvalue weighted by atomic mass is 9.91. The minimum Gasteiger partial charge on any atom is -0.481 e. The monoisotopic (exact) mass is 212 g/mol. The molecule has 2 atom stereocenters. The highest BCUT2D eigenvalue weighted by atomic mass is 16.4. The number of carbonyl (C=O) groups is 1. The van der Waals surface area contributed by atoms with Gasteiger partial charge in [0.05, 0.1) is 0 Å². The number of carboxylic acids is 1. The summed E-state index contributed by atoms with van der Waals surface area (Å²) in [5.74, 6) is 0.234. The Balaban J connectivity index is 3.68. The van der Waals surface area contributed by atoms with Crippen LogP contribution in [0, 0.1) is 11.8 Å². The molecule has 2 unspecified atom stereocenters. The number of rotatable bonds is 7. The van der Waals surface area contributed by atoms with Gasteiger partial charge in [0, 0.05) is 6.42 Å². The number of allylic oxidation sites excluding steroid dienone is 2. The van der Waals surface area contributed by atoms with Crippen LogP contribution >= 0.6 is 0 Å². The van der Waals surface area contributed by atoms with Crippen LogP contribution < -0.4 is 0 Å². The average molecular weight is 212 g/mol. The number of carboxylic acid groups (broad SMARTS) is 1. The SMILES string of the molecule is CC(C)=CCCC(C)CC(C)CC(=O)O. The van der Waals surface area contributed by atoms with E-state index in [4.69, 9.17) is 5.11 Å². The lowest BCUT2D eigenvalue weighted by molar-refractivity contribution is -0.138. The Bertz CT molecular complexity index is 215. The van der Waals surface area contributed by atoms with E-state index < -0.39 is 5.97 Å². The Hall–Kier alpha value is -0.790. The molecule has 0 aliphatic heterocycles. The van der Waals surface area contributed by atoms with Crippen molar-refractivity contribution >= 4 is 5.97 Å². The number of aliphatic carboxylic acids is 1. The van der Waals surface area contributed by atoms with Crippen molar-refractivity contribution in [3.63, 3.8) is 0 Å². The Morgan fingerprint density at radius 1 is 1.27 bits per heavy atom. The van der Waals surface area contributed by atoms with Crippen LogP contribution in [0.25, 0.3) is 0 Å². The van der Waals surface area contributed by atoms with Crippen LogP contribution in [0.15, 0.2) is 11.6 Å². The van der Waals surface area contributed by atoms with Crippen LogP contribution in [0.2, 0.25) is 0 Å². The Morgan fingerprint density at radius 2 is 1.87 bits per heavy atom. The van der Waals surface area contributed by atoms with Gasteiger partial charge in [-0.3, -0.25) is 4.79 Å². The second-order valence-corrected chi connectivity index (χ2v) is 4.90. The van der Waals surface area contributed by atoms with Gasteiger partial charge in [-0.25, -0.2) is 0 Å². The van der Waals surface area contributed by atoms with Crippen molar-refractivity contribution in [3.8, 4) is 0 Å². The van der Waals surface area contributed by atoms with E-state index >= 15 is 0 Å². The van der Waals surface area contributed by atoms with E-state index in [-0.39, 0.29) is 0 Å². The standard InChI is InChI=1S/C13H24O2/c1-10(2)6-5-7-11(3)8-12(4)9-13(14)15/h6,11-12H,5,7-9H2,1-4H3,(H,14,15). The maximum Gasteiger partial charge on any atom is 0.303 e. The molecule has 0 spiro atoms. The van der Waals surface area contributed by atoms with E-state index in [1.807, 2.05) is 6.92 Å². The molecule has 0 rings (SSSR count). The van der Waals surface area contributed by atoms with Crippen molar-refractivity contribution in [3.05, 3.63) is 11.6 Å². The lowest BCUT2D eigenvalue weighted by Gasteiger charge is -2.14. The van der Waals surface area contributed by atoms with Crippen LogP contribution in [0.3, 0.4) is 0 Å². The second-order valence-electron chi connectivity index (χ2n) is 4.90. The van der Waals surface area contributed by atoms with Crippen molar-refractivity contribution in [2.75, 3.05) is 0 Å². The molecule has 0 aliphatic carbocycles. The van der Waals surface area contributed by atoms with Gasteiger partial charge < -0.3 is 5.11 Å². The molecule has 0 radical (unpaired) electrons. The van der Waals surface area contributed by atoms with E-state index in [1.165, 1.54) is 5.57 Å². The molecule has 0 fully saturated rings. The van der Waals surface area contributed by atoms with Crippen molar-refractivity contribution < 1.29 is 9.90 Å². The van der Waals surface area contributed by atoms with E-state index in [9.17, 15) is 4.79 Å². The predicted octanol–water partition coefficient (Wildman–Crippen LogP) is 3.87. The van der Waals surface area contributed by atoms with Crippen LogP contribution in [-0.2, 0) is 4.79 Å². The number of hydrogen-bond acceptors (Lipinski definition) is 1. The summed E-state index contributed by atoms with van der Waals surface area (Å²) in [5.41, 5.74) is 1.36. The zero-order valence-corrected chi connectivity index (χ0v) is 10.4. The molecule has 2 nitrogen and oxygen atoms in total. The van der Waals surface area contributed by atoms with Gasteiger partial charge >= 0.3 is 5.97 Å². The highest BCUT2D eigenvalue weighted by Gasteiger charge is 2.11. The summed E-state index contributed by atoms with van der Waals surface area (Å²) in [7, 11) is 0. The molecule has 88 valence electrons. The average Bonchev–Trinajstić information content (AvgIpc) is 2.00. The predicted molar refractivity (Wildman–Crippen MR) is 63.9 cm³/mol. The quantitative estimate of drug-likeness (QED) is 0.650. The van der Waals surface area contributed by atoms with Gasteiger partial charge in [-0.15, -0.1) is 0 Å². The van der Waals surface area contributed by atoms with E-state index in [2.05, 4.69) is 26.8 Å². The molecule has 1 N–H and O–H groups in total. The Morgan fingerprint density at radius 3 is 2.33 bits per heavy atom. The smallest absolute Gasteiger partial charge is 0.303 e. The van der Waals surface area contributed by atoms with Gasteiger partial charge in [0.15, 0.2) is 0 Å². The summed E-state index contributed by atoms with van der Waals surface area (Å²) in [6.07, 6.45) is 5.84. The first kappa shape index (κ1) is 14.2. The summed E-state index contributed by atoms with van der Waals surface area (Å²) < 4.78 is 0. The fourth-order valence-electron chi connectivity index (χ4n) is 1.84. The minimum atomic E-state index is -0.681. The van der Waals surface area contributed by atoms with E-state index in [0.717, 1.165) is 19.3 Å². The van der Waals surface area contributed by atoms with Crippen LogP contribution in [0.5, 0.6) is 0 Å². The van der Waals surface area contributed by atoms with Gasteiger partial charge in [0.25, 0.3) is 0 Å². The molecular weight excluding hydrogens is 188 g/mol. The van der Waals surface area contributed by atoms with Crippen molar-refractivity contribution in [1.82, 2.24) is 0 Å². The Kier molecular flexibility index (Phi) is 7.10. The molecule has 0 aromatic carbocycles. The summed E-state index contributed by atoms with van der Waals surface area (Å²) in [5, 5.41) is 8.64. The summed E-state index contributed by atoms with van der Waals surface area (Å²) in [6.45, 7) is 8.44. The van der Waals surface area contributed by atoms with Crippen LogP contribution in [-0.4, -0.2) is 11.1 Å². The zero-order valence-electron chi connectivity index (χ0n) is 10.4. The number of hydrogen-bond donors (Lipinski definition) is 1. The molecular formula is C13H24O2. The fourth-order valence-corrected chi connectivity index (χ4v) is 1.84. The van der Waals surface area contributed by atoms with Crippen LogP contribution in [0.4, 0.5) is 0 Å². The molecule has 0 aromatic heterocycles. The molecule has 15 heavy (non-hydrogen) atoms. The topological polar surface area (TPSA) is 37.3 Å². The molecule has 2 heteroatoms. The van der Waals surface area contributed by atoms with E-state index in [1.54, 1.807) is 0 Å². The van der Waals surface area contributed by atoms with Crippen molar-refractivity contribution in [2.45, 2.75) is 53.4 Å². The second kappa shape index (κ2) is 7.49. The normalized spacial score (nSPS) is 14.4. The molecule has 0 amide bonds. The van der Waals surface area contributed by atoms with Gasteiger partial charge in [-0.2, -0.15) is 0 Å². The van der Waals surface area contributed by atoms with Gasteiger partial charge in [0.2, 0.25) is 0 Å². The third-order valence-corrected chi connectivity index (χ3v) is 2.54. The van der Waals surface area contributed by atoms with Gasteiger partial charge in [-0.05, 0) is 44.9 Å². The first-order chi connectivity index (χ1) is 6.91. The summed E-state index contributed by atoms with van der Waals surface area (Å²) in [6, 6.07) is 0. The highest BCUT2D eigenvalue weighted by Crippen LogP contribution is 2.19. The van der Waals surface area contributed by atoms with Crippen molar-refractivity contribution in [1.29, 1.82) is 0 Å². The largest absolute Gasteiger partial charge is 0.481 e. The maximum atomic E-state index is 10.5. The third-order valence-electron chi connectivity index (χ3n) is 2.54. The van der Waals surface area contributed by atoms with Crippen LogP contribution in [0.1, 0.15) is 53.4 Å². The molecule has 0 aromatic rings. The lowest BCUT2D eigenvalue weighted by Crippen LogP contribution is -2.08. The molecule has 0 saturated carbocycles. The van der Waals surface area contributed by atoms with E-state index in [0.29, 0.717) is 18.3 Å². The molecule has 0 saturated heterocycles. The molecule has 0 bridgehead atoms. The zero-order chi connectivity index (χ0) is 11.8. The maximum absolute atomic E-state index is 10.5. The Labute approximate surface area is 93.4 Å². The molecule has 0 heterocycles. The summed E-state index contributed by atoms with van der Waals surface area (Å²) in [4.78, 5) is 10.5. The van der Waals surface area contributed by atoms with Crippen molar-refractivity contribution in [2.24, 2.45) is 11.8 Å². The summed E-state index contributed by atoms with van der Waals surface area (Å²) >= 11 is 0. The minimum absolute atomic E-state index is 0.296. The fraction of sp³-hybridized carbons (Fsp3) is 0.769. The van der Waals surface area contributed by atoms with Gasteiger partial charge in [0.1, 0.15) is 0 Å². The first-order valence-electron chi connectivity index (χ1n) is 5.77. The third kappa shape index (κ3) is 9.51. The van der Waals surface area contributed by atoms with Gasteiger partial charge in [-0.1, -0.05) is 25.5 Å². The first-order valence-corrected chi connectivity index (χ1v) is 5.77. The molecule has 0 aliphatic rings.